The summed E-state index contributed by atoms with van der Waals surface area (Å²) >= 11 is 0. The highest BCUT2D eigenvalue weighted by Crippen LogP contribution is 2.32. The van der Waals surface area contributed by atoms with Crippen LogP contribution in [0.25, 0.3) is 33.3 Å². The Bertz CT molecular complexity index is 954. The number of nitrogens with zero attached hydrogens (tertiary/aromatic N) is 1. The van der Waals surface area contributed by atoms with Gasteiger partial charge < -0.3 is 15.1 Å². The van der Waals surface area contributed by atoms with E-state index in [0.717, 1.165) is 48.3 Å². The van der Waals surface area contributed by atoms with Gasteiger partial charge in [-0.15, -0.1) is 0 Å². The minimum Gasteiger partial charge on any atom is -0.464 e. The SMILES string of the molecule is NCCCCCc1ccnc2[nH]c3ccc(-c4ccco4)cc3c12. The van der Waals surface area contributed by atoms with Crippen LogP contribution in [-0.4, -0.2) is 16.5 Å². The Kier molecular flexibility index (Phi) is 4.05. The highest BCUT2D eigenvalue weighted by molar-refractivity contribution is 6.08. The minimum atomic E-state index is 0.769. The molecule has 0 unspecified atom stereocenters. The molecule has 4 aromatic rings. The highest BCUT2D eigenvalue weighted by atomic mass is 16.3. The molecule has 0 saturated heterocycles. The molecular formula is C20H21N3O. The van der Waals surface area contributed by atoms with Crippen LogP contribution in [0.3, 0.4) is 0 Å². The van der Waals surface area contributed by atoms with Crippen molar-refractivity contribution < 1.29 is 4.42 Å². The van der Waals surface area contributed by atoms with Crippen molar-refractivity contribution in [3.05, 3.63) is 54.4 Å². The molecule has 0 bridgehead atoms. The van der Waals surface area contributed by atoms with Gasteiger partial charge in [-0.1, -0.05) is 6.42 Å². The second-order valence-electron chi connectivity index (χ2n) is 6.16. The summed E-state index contributed by atoms with van der Waals surface area (Å²) in [5.74, 6) is 0.889. The molecule has 24 heavy (non-hydrogen) atoms. The number of nitrogens with one attached hydrogen (secondary N) is 1. The standard InChI is InChI=1S/C20H21N3O/c21-10-3-1-2-5-14-9-11-22-20-19(14)16-13-15(7-8-17(16)23-20)18-6-4-12-24-18/h4,6-9,11-13H,1-3,5,10,21H2,(H,22,23). The van der Waals surface area contributed by atoms with E-state index in [1.165, 1.54) is 22.8 Å². The Labute approximate surface area is 140 Å². The molecule has 0 aliphatic rings. The van der Waals surface area contributed by atoms with Crippen molar-refractivity contribution in [2.75, 3.05) is 6.54 Å². The molecule has 0 spiro atoms. The van der Waals surface area contributed by atoms with E-state index in [9.17, 15) is 0 Å². The Balaban J connectivity index is 1.79. The van der Waals surface area contributed by atoms with Crippen LogP contribution in [0.4, 0.5) is 0 Å². The van der Waals surface area contributed by atoms with Crippen molar-refractivity contribution in [3.63, 3.8) is 0 Å². The third-order valence-corrected chi connectivity index (χ3v) is 4.54. The van der Waals surface area contributed by atoms with Gasteiger partial charge in [-0.25, -0.2) is 4.98 Å². The first-order chi connectivity index (χ1) is 11.9. The molecule has 3 aromatic heterocycles. The summed E-state index contributed by atoms with van der Waals surface area (Å²) in [7, 11) is 0. The number of hydrogen-bond acceptors (Lipinski definition) is 3. The van der Waals surface area contributed by atoms with Crippen LogP contribution in [-0.2, 0) is 6.42 Å². The molecular weight excluding hydrogens is 298 g/mol. The van der Waals surface area contributed by atoms with Crippen molar-refractivity contribution in [3.8, 4) is 11.3 Å². The van der Waals surface area contributed by atoms with E-state index >= 15 is 0 Å². The number of nitrogens with two attached hydrogens (primary N) is 1. The topological polar surface area (TPSA) is 67.8 Å². The zero-order valence-corrected chi connectivity index (χ0v) is 13.6. The predicted molar refractivity (Wildman–Crippen MR) is 97.9 cm³/mol. The molecule has 1 aromatic carbocycles. The fraction of sp³-hybridized carbons (Fsp3) is 0.250. The number of aromatic amines is 1. The van der Waals surface area contributed by atoms with Crippen molar-refractivity contribution in [2.45, 2.75) is 25.7 Å². The lowest BCUT2D eigenvalue weighted by atomic mass is 10.0. The predicted octanol–water partition coefficient (Wildman–Crippen LogP) is 4.65. The number of H-pyrrole nitrogens is 1. The Morgan fingerprint density at radius 1 is 1.08 bits per heavy atom. The molecule has 3 heterocycles. The smallest absolute Gasteiger partial charge is 0.138 e. The summed E-state index contributed by atoms with van der Waals surface area (Å²) in [5.41, 5.74) is 10.1. The maximum atomic E-state index is 5.60. The molecule has 4 heteroatoms. The molecule has 122 valence electrons. The Hall–Kier alpha value is -2.59. The molecule has 0 aliphatic heterocycles. The summed E-state index contributed by atoms with van der Waals surface area (Å²) < 4.78 is 5.54. The molecule has 4 rings (SSSR count). The number of benzene rings is 1. The van der Waals surface area contributed by atoms with Gasteiger partial charge in [0.2, 0.25) is 0 Å². The van der Waals surface area contributed by atoms with Crippen LogP contribution in [0, 0.1) is 0 Å². The zero-order valence-electron chi connectivity index (χ0n) is 13.6. The van der Waals surface area contributed by atoms with Crippen molar-refractivity contribution in [2.24, 2.45) is 5.73 Å². The van der Waals surface area contributed by atoms with E-state index in [-0.39, 0.29) is 0 Å². The third-order valence-electron chi connectivity index (χ3n) is 4.54. The van der Waals surface area contributed by atoms with E-state index in [2.05, 4.69) is 34.2 Å². The number of furan rings is 1. The van der Waals surface area contributed by atoms with E-state index < -0.39 is 0 Å². The van der Waals surface area contributed by atoms with E-state index in [1.54, 1.807) is 6.26 Å². The molecule has 4 nitrogen and oxygen atoms in total. The molecule has 0 fully saturated rings. The molecule has 0 saturated carbocycles. The number of aromatic nitrogens is 2. The lowest BCUT2D eigenvalue weighted by Gasteiger charge is -2.04. The van der Waals surface area contributed by atoms with Crippen LogP contribution in [0.15, 0.2) is 53.3 Å². The third kappa shape index (κ3) is 2.69. The highest BCUT2D eigenvalue weighted by Gasteiger charge is 2.11. The van der Waals surface area contributed by atoms with Gasteiger partial charge in [0.1, 0.15) is 11.4 Å². The van der Waals surface area contributed by atoms with E-state index in [1.807, 2.05) is 18.3 Å². The molecule has 0 aliphatic carbocycles. The molecule has 0 amide bonds. The van der Waals surface area contributed by atoms with Gasteiger partial charge in [0.05, 0.1) is 6.26 Å². The first kappa shape index (κ1) is 15.0. The van der Waals surface area contributed by atoms with Gasteiger partial charge in [0.25, 0.3) is 0 Å². The number of hydrogen-bond donors (Lipinski definition) is 2. The Morgan fingerprint density at radius 3 is 2.88 bits per heavy atom. The average molecular weight is 319 g/mol. The number of aryl methyl sites for hydroxylation is 1. The first-order valence-corrected chi connectivity index (χ1v) is 8.50. The first-order valence-electron chi connectivity index (χ1n) is 8.50. The van der Waals surface area contributed by atoms with Gasteiger partial charge in [0, 0.05) is 28.0 Å². The van der Waals surface area contributed by atoms with E-state index in [4.69, 9.17) is 10.2 Å². The van der Waals surface area contributed by atoms with Gasteiger partial charge in [0.15, 0.2) is 0 Å². The fourth-order valence-corrected chi connectivity index (χ4v) is 3.33. The number of pyridine rings is 1. The number of rotatable bonds is 6. The quantitative estimate of drug-likeness (QED) is 0.508. The summed E-state index contributed by atoms with van der Waals surface area (Å²) in [5, 5.41) is 2.44. The monoisotopic (exact) mass is 319 g/mol. The maximum Gasteiger partial charge on any atom is 0.138 e. The second-order valence-corrected chi connectivity index (χ2v) is 6.16. The Morgan fingerprint density at radius 2 is 2.04 bits per heavy atom. The zero-order chi connectivity index (χ0) is 16.4. The fourth-order valence-electron chi connectivity index (χ4n) is 3.33. The van der Waals surface area contributed by atoms with Crippen LogP contribution in [0.5, 0.6) is 0 Å². The molecule has 0 radical (unpaired) electrons. The molecule has 0 atom stereocenters. The van der Waals surface area contributed by atoms with Crippen LogP contribution in [0.1, 0.15) is 24.8 Å². The largest absolute Gasteiger partial charge is 0.464 e. The van der Waals surface area contributed by atoms with E-state index in [0.29, 0.717) is 0 Å². The lowest BCUT2D eigenvalue weighted by molar-refractivity contribution is 0.582. The molecule has 3 N–H and O–H groups in total. The van der Waals surface area contributed by atoms with Crippen molar-refractivity contribution in [1.29, 1.82) is 0 Å². The normalized spacial score (nSPS) is 11.5. The van der Waals surface area contributed by atoms with Crippen LogP contribution >= 0.6 is 0 Å². The summed E-state index contributed by atoms with van der Waals surface area (Å²) in [6, 6.07) is 12.4. The minimum absolute atomic E-state index is 0.769. The summed E-state index contributed by atoms with van der Waals surface area (Å²) in [6.07, 6.45) is 8.06. The van der Waals surface area contributed by atoms with Crippen molar-refractivity contribution in [1.82, 2.24) is 9.97 Å². The maximum absolute atomic E-state index is 5.60. The second kappa shape index (κ2) is 6.49. The number of unbranched alkanes of at least 4 members (excludes halogenated alkanes) is 2. The average Bonchev–Trinajstić information content (AvgIpc) is 3.25. The van der Waals surface area contributed by atoms with Gasteiger partial charge in [-0.05, 0) is 67.8 Å². The lowest BCUT2D eigenvalue weighted by Crippen LogP contribution is -1.98. The van der Waals surface area contributed by atoms with Gasteiger partial charge in [-0.3, -0.25) is 0 Å². The summed E-state index contributed by atoms with van der Waals surface area (Å²) in [4.78, 5) is 7.95. The number of fused-ring (bicyclic) bond motifs is 3. The van der Waals surface area contributed by atoms with Crippen molar-refractivity contribution >= 4 is 21.9 Å². The van der Waals surface area contributed by atoms with Crippen LogP contribution in [0.2, 0.25) is 0 Å². The van der Waals surface area contributed by atoms with Gasteiger partial charge in [-0.2, -0.15) is 0 Å². The van der Waals surface area contributed by atoms with Crippen LogP contribution < -0.4 is 5.73 Å². The summed E-state index contributed by atoms with van der Waals surface area (Å²) in [6.45, 7) is 0.769. The van der Waals surface area contributed by atoms with Gasteiger partial charge >= 0.3 is 0 Å².